The second-order valence-electron chi connectivity index (χ2n) is 9.40. The molecule has 1 saturated heterocycles. The first-order valence-electron chi connectivity index (χ1n) is 12.4. The minimum absolute atomic E-state index is 0.0272. The number of aromatic nitrogens is 3. The predicted molar refractivity (Wildman–Crippen MR) is 142 cm³/mol. The first kappa shape index (κ1) is 25.4. The van der Waals surface area contributed by atoms with Crippen molar-refractivity contribution in [2.75, 3.05) is 13.1 Å². The van der Waals surface area contributed by atoms with Crippen LogP contribution in [0, 0.1) is 24.2 Å². The molecule has 1 amide bonds. The van der Waals surface area contributed by atoms with Gasteiger partial charge in [-0.3, -0.25) is 4.79 Å². The smallest absolute Gasteiger partial charge is 0.253 e. The average molecular weight is 528 g/mol. The average Bonchev–Trinajstić information content (AvgIpc) is 3.39. The molecule has 4 aromatic rings. The van der Waals surface area contributed by atoms with Crippen LogP contribution in [0.4, 0.5) is 0 Å². The molecule has 1 fully saturated rings. The topological polar surface area (TPSA) is 105 Å². The van der Waals surface area contributed by atoms with Crippen LogP contribution >= 0.6 is 11.6 Å². The van der Waals surface area contributed by atoms with Gasteiger partial charge < -0.3 is 14.2 Å². The number of carbonyl (C=O) groups is 1. The number of rotatable bonds is 6. The van der Waals surface area contributed by atoms with Crippen LogP contribution in [0.5, 0.6) is 5.88 Å². The zero-order valence-corrected chi connectivity index (χ0v) is 21.8. The lowest BCUT2D eigenvalue weighted by Crippen LogP contribution is -2.46. The van der Waals surface area contributed by atoms with E-state index in [1.54, 1.807) is 31.2 Å². The van der Waals surface area contributed by atoms with Gasteiger partial charge in [-0.05, 0) is 49.2 Å². The monoisotopic (exact) mass is 527 g/mol. The van der Waals surface area contributed by atoms with Crippen molar-refractivity contribution in [2.45, 2.75) is 32.3 Å². The maximum Gasteiger partial charge on any atom is 0.253 e. The molecule has 5 rings (SSSR count). The molecule has 3 atom stereocenters. The fourth-order valence-corrected chi connectivity index (χ4v) is 5.06. The van der Waals surface area contributed by atoms with E-state index in [0.717, 1.165) is 17.5 Å². The summed E-state index contributed by atoms with van der Waals surface area (Å²) in [6, 6.07) is 20.5. The molecular formula is C29H26ClN5O3. The number of likely N-dealkylation sites (tertiary alicyclic amines) is 1. The molecule has 8 nitrogen and oxygen atoms in total. The number of nitriles is 1. The van der Waals surface area contributed by atoms with Gasteiger partial charge in [0.2, 0.25) is 17.6 Å². The number of aryl methyl sites for hydroxylation is 1. The molecule has 1 aliphatic rings. The Balaban J connectivity index is 1.34. The second-order valence-corrected chi connectivity index (χ2v) is 9.83. The standard InChI is InChI=1S/C29H26ClN5O3/c1-18(37-27-12-3-20(15-31)16-32-27)25-13-14-35(17-26(25)21-8-10-24(30)11-9-21)29(36)23-6-4-22(5-7-23)28-33-19(2)38-34-28/h3-12,16,18,25-26H,13-14,17H2,1-2H3/t18-,25+,26+/m0/s1. The van der Waals surface area contributed by atoms with Crippen molar-refractivity contribution >= 4 is 17.5 Å². The Hall–Kier alpha value is -4.22. The van der Waals surface area contributed by atoms with E-state index in [0.29, 0.717) is 46.8 Å². The normalized spacial score (nSPS) is 18.0. The zero-order chi connectivity index (χ0) is 26.6. The van der Waals surface area contributed by atoms with Crippen LogP contribution < -0.4 is 4.74 Å². The van der Waals surface area contributed by atoms with Gasteiger partial charge >= 0.3 is 0 Å². The van der Waals surface area contributed by atoms with Gasteiger partial charge in [-0.2, -0.15) is 10.2 Å². The third-order valence-corrected chi connectivity index (χ3v) is 7.20. The second kappa shape index (κ2) is 11.0. The molecule has 3 heterocycles. The summed E-state index contributed by atoms with van der Waals surface area (Å²) in [5.41, 5.74) is 2.98. The molecule has 0 N–H and O–H groups in total. The van der Waals surface area contributed by atoms with Crippen molar-refractivity contribution in [3.05, 3.63) is 94.5 Å². The molecule has 38 heavy (non-hydrogen) atoms. The molecule has 0 saturated carbocycles. The van der Waals surface area contributed by atoms with Crippen molar-refractivity contribution in [1.29, 1.82) is 5.26 Å². The lowest BCUT2D eigenvalue weighted by atomic mass is 9.77. The summed E-state index contributed by atoms with van der Waals surface area (Å²) in [6.45, 7) is 4.92. The van der Waals surface area contributed by atoms with Crippen molar-refractivity contribution in [3.8, 4) is 23.3 Å². The van der Waals surface area contributed by atoms with E-state index < -0.39 is 0 Å². The maximum atomic E-state index is 13.5. The van der Waals surface area contributed by atoms with Crippen LogP contribution in [0.15, 0.2) is 71.4 Å². The van der Waals surface area contributed by atoms with E-state index in [2.05, 4.69) is 21.2 Å². The quantitative estimate of drug-likeness (QED) is 0.317. The molecule has 0 spiro atoms. The van der Waals surface area contributed by atoms with Gasteiger partial charge in [-0.25, -0.2) is 4.98 Å². The number of nitrogens with zero attached hydrogens (tertiary/aromatic N) is 5. The zero-order valence-electron chi connectivity index (χ0n) is 21.0. The Kier molecular flexibility index (Phi) is 7.38. The number of pyridine rings is 1. The molecule has 9 heteroatoms. The van der Waals surface area contributed by atoms with Crippen LogP contribution in [0.1, 0.15) is 46.6 Å². The summed E-state index contributed by atoms with van der Waals surface area (Å²) < 4.78 is 11.3. The minimum atomic E-state index is -0.161. The Morgan fingerprint density at radius 1 is 1.16 bits per heavy atom. The van der Waals surface area contributed by atoms with Crippen LogP contribution in [-0.2, 0) is 0 Å². The minimum Gasteiger partial charge on any atom is -0.474 e. The number of amides is 1. The molecular weight excluding hydrogens is 502 g/mol. The SMILES string of the molecule is Cc1nc(-c2ccc(C(=O)N3CC[C@H]([C@H](C)Oc4ccc(C#N)cn4)[C@@H](c4ccc(Cl)cc4)C3)cc2)no1. The molecule has 1 aliphatic heterocycles. The fraction of sp³-hybridized carbons (Fsp3) is 0.276. The van der Waals surface area contributed by atoms with Crippen molar-refractivity contribution in [3.63, 3.8) is 0 Å². The Bertz CT molecular complexity index is 1450. The van der Waals surface area contributed by atoms with E-state index in [4.69, 9.17) is 26.1 Å². The van der Waals surface area contributed by atoms with Gasteiger partial charge in [-0.1, -0.05) is 41.0 Å². The highest BCUT2D eigenvalue weighted by Crippen LogP contribution is 2.37. The van der Waals surface area contributed by atoms with E-state index >= 15 is 0 Å². The number of carbonyl (C=O) groups excluding carboxylic acids is 1. The highest BCUT2D eigenvalue weighted by atomic mass is 35.5. The van der Waals surface area contributed by atoms with Crippen LogP contribution in [-0.4, -0.2) is 45.1 Å². The molecule has 192 valence electrons. The van der Waals surface area contributed by atoms with Gasteiger partial charge in [0.1, 0.15) is 12.2 Å². The van der Waals surface area contributed by atoms with E-state index in [1.165, 1.54) is 6.20 Å². The van der Waals surface area contributed by atoms with Crippen LogP contribution in [0.3, 0.4) is 0 Å². The molecule has 2 aromatic carbocycles. The van der Waals surface area contributed by atoms with Crippen molar-refractivity contribution in [1.82, 2.24) is 20.0 Å². The highest BCUT2D eigenvalue weighted by molar-refractivity contribution is 6.30. The van der Waals surface area contributed by atoms with Gasteiger partial charge in [0, 0.05) is 60.3 Å². The Labute approximate surface area is 225 Å². The van der Waals surface area contributed by atoms with Gasteiger partial charge in [0.15, 0.2) is 0 Å². The molecule has 0 unspecified atom stereocenters. The van der Waals surface area contributed by atoms with Gasteiger partial charge in [0.05, 0.1) is 5.56 Å². The number of hydrogen-bond donors (Lipinski definition) is 0. The summed E-state index contributed by atoms with van der Waals surface area (Å²) in [7, 11) is 0. The molecule has 0 aliphatic carbocycles. The maximum absolute atomic E-state index is 13.5. The Morgan fingerprint density at radius 2 is 1.92 bits per heavy atom. The third kappa shape index (κ3) is 5.53. The first-order chi connectivity index (χ1) is 18.4. The number of piperidine rings is 1. The molecule has 0 radical (unpaired) electrons. The van der Waals surface area contributed by atoms with E-state index in [-0.39, 0.29) is 23.8 Å². The highest BCUT2D eigenvalue weighted by Gasteiger charge is 2.37. The predicted octanol–water partition coefficient (Wildman–Crippen LogP) is 5.68. The lowest BCUT2D eigenvalue weighted by molar-refractivity contribution is 0.0484. The largest absolute Gasteiger partial charge is 0.474 e. The lowest BCUT2D eigenvalue weighted by Gasteiger charge is -2.41. The fourth-order valence-electron chi connectivity index (χ4n) is 4.93. The first-order valence-corrected chi connectivity index (χ1v) is 12.8. The Morgan fingerprint density at radius 3 is 2.55 bits per heavy atom. The van der Waals surface area contributed by atoms with E-state index in [9.17, 15) is 4.79 Å². The van der Waals surface area contributed by atoms with Gasteiger partial charge in [-0.15, -0.1) is 0 Å². The summed E-state index contributed by atoms with van der Waals surface area (Å²) in [5.74, 6) is 1.61. The summed E-state index contributed by atoms with van der Waals surface area (Å²) in [4.78, 5) is 23.9. The number of ether oxygens (including phenoxy) is 1. The van der Waals surface area contributed by atoms with Crippen LogP contribution in [0.25, 0.3) is 11.4 Å². The summed E-state index contributed by atoms with van der Waals surface area (Å²) in [5, 5.41) is 13.6. The van der Waals surface area contributed by atoms with Crippen molar-refractivity contribution in [2.24, 2.45) is 5.92 Å². The summed E-state index contributed by atoms with van der Waals surface area (Å²) >= 11 is 6.16. The number of halogens is 1. The van der Waals surface area contributed by atoms with Gasteiger partial charge in [0.25, 0.3) is 5.91 Å². The van der Waals surface area contributed by atoms with E-state index in [1.807, 2.05) is 48.2 Å². The van der Waals surface area contributed by atoms with Crippen LogP contribution in [0.2, 0.25) is 5.02 Å². The number of benzene rings is 2. The third-order valence-electron chi connectivity index (χ3n) is 6.94. The summed E-state index contributed by atoms with van der Waals surface area (Å²) in [6.07, 6.45) is 2.10. The number of hydrogen-bond acceptors (Lipinski definition) is 7. The van der Waals surface area contributed by atoms with Crippen molar-refractivity contribution < 1.29 is 14.1 Å². The molecule has 2 aromatic heterocycles. The molecule has 0 bridgehead atoms.